The van der Waals surface area contributed by atoms with E-state index in [1.165, 1.54) is 7.11 Å². The molecule has 0 saturated carbocycles. The van der Waals surface area contributed by atoms with Crippen molar-refractivity contribution in [2.45, 2.75) is 20.3 Å². The Morgan fingerprint density at radius 2 is 1.94 bits per heavy atom. The Bertz CT molecular complexity index is 1150. The molecule has 9 nitrogen and oxygen atoms in total. The number of carbonyl (C=O) groups is 3. The van der Waals surface area contributed by atoms with Gasteiger partial charge in [0.2, 0.25) is 0 Å². The minimum atomic E-state index is -0.618. The van der Waals surface area contributed by atoms with Crippen LogP contribution in [0, 0.1) is 6.92 Å². The SMILES string of the molecule is CCCOC(=O)c1c(NC(=O)c2cc(-c3cccc(OC)c3)n[nH]2)sc(C(=O)OC)c1C. The standard InChI is InChI=1S/C22H23N3O6S/c1-5-9-31-21(27)17-12(2)18(22(28)30-4)32-20(17)23-19(26)16-11-15(24-25-16)13-7-6-8-14(10-13)29-3/h6-8,10-11H,5,9H2,1-4H3,(H,23,26)(H,24,25). The molecule has 3 aromatic rings. The maximum Gasteiger partial charge on any atom is 0.348 e. The number of benzene rings is 1. The third-order valence-electron chi connectivity index (χ3n) is 4.57. The molecule has 0 atom stereocenters. The molecule has 168 valence electrons. The molecule has 3 rings (SSSR count). The van der Waals surface area contributed by atoms with Crippen LogP contribution in [0.15, 0.2) is 30.3 Å². The van der Waals surface area contributed by atoms with E-state index in [0.29, 0.717) is 23.4 Å². The summed E-state index contributed by atoms with van der Waals surface area (Å²) in [7, 11) is 2.82. The van der Waals surface area contributed by atoms with Crippen molar-refractivity contribution in [3.05, 3.63) is 52.0 Å². The maximum atomic E-state index is 12.9. The summed E-state index contributed by atoms with van der Waals surface area (Å²) in [5.74, 6) is -1.07. The summed E-state index contributed by atoms with van der Waals surface area (Å²) in [5.41, 5.74) is 2.02. The van der Waals surface area contributed by atoms with Crippen LogP contribution in [0.25, 0.3) is 11.3 Å². The number of methoxy groups -OCH3 is 2. The molecule has 0 unspecified atom stereocenters. The van der Waals surface area contributed by atoms with Crippen LogP contribution >= 0.6 is 11.3 Å². The predicted octanol–water partition coefficient (Wildman–Crippen LogP) is 4.06. The zero-order chi connectivity index (χ0) is 23.3. The van der Waals surface area contributed by atoms with Crippen molar-refractivity contribution < 1.29 is 28.6 Å². The molecule has 2 N–H and O–H groups in total. The molecule has 0 aliphatic heterocycles. The second-order valence-electron chi connectivity index (χ2n) is 6.74. The number of anilines is 1. The number of rotatable bonds is 8. The number of nitrogens with zero attached hydrogens (tertiary/aromatic N) is 1. The van der Waals surface area contributed by atoms with E-state index in [-0.39, 0.29) is 27.7 Å². The van der Waals surface area contributed by atoms with Crippen molar-refractivity contribution in [3.63, 3.8) is 0 Å². The minimum absolute atomic E-state index is 0.129. The number of esters is 2. The monoisotopic (exact) mass is 457 g/mol. The number of nitrogens with one attached hydrogen (secondary N) is 2. The average molecular weight is 458 g/mol. The van der Waals surface area contributed by atoms with E-state index in [0.717, 1.165) is 16.9 Å². The van der Waals surface area contributed by atoms with Crippen LogP contribution in [0.5, 0.6) is 5.75 Å². The van der Waals surface area contributed by atoms with E-state index < -0.39 is 17.8 Å². The van der Waals surface area contributed by atoms with Crippen LogP contribution in [-0.4, -0.2) is 48.9 Å². The van der Waals surface area contributed by atoms with Gasteiger partial charge in [-0.05, 0) is 37.1 Å². The van der Waals surface area contributed by atoms with Crippen LogP contribution in [0.4, 0.5) is 5.00 Å². The molecule has 0 fully saturated rings. The first kappa shape index (κ1) is 23.0. The van der Waals surface area contributed by atoms with E-state index in [4.69, 9.17) is 14.2 Å². The van der Waals surface area contributed by atoms with Crippen LogP contribution in [0.3, 0.4) is 0 Å². The number of aromatic amines is 1. The zero-order valence-corrected chi connectivity index (χ0v) is 18.9. The second kappa shape index (κ2) is 10.1. The number of ether oxygens (including phenoxy) is 3. The van der Waals surface area contributed by atoms with E-state index in [9.17, 15) is 14.4 Å². The fourth-order valence-corrected chi connectivity index (χ4v) is 4.05. The topological polar surface area (TPSA) is 120 Å². The van der Waals surface area contributed by atoms with Gasteiger partial charge in [-0.1, -0.05) is 19.1 Å². The Hall–Kier alpha value is -3.66. The van der Waals surface area contributed by atoms with Gasteiger partial charge in [0.25, 0.3) is 5.91 Å². The highest BCUT2D eigenvalue weighted by molar-refractivity contribution is 7.18. The lowest BCUT2D eigenvalue weighted by Crippen LogP contribution is -2.15. The number of amides is 1. The van der Waals surface area contributed by atoms with Crippen molar-refractivity contribution in [1.29, 1.82) is 0 Å². The number of hydrogen-bond acceptors (Lipinski definition) is 8. The quantitative estimate of drug-likeness (QED) is 0.490. The van der Waals surface area contributed by atoms with Crippen molar-refractivity contribution >= 4 is 34.2 Å². The lowest BCUT2D eigenvalue weighted by Gasteiger charge is -2.07. The number of H-pyrrole nitrogens is 1. The fourth-order valence-electron chi connectivity index (χ4n) is 2.94. The second-order valence-corrected chi connectivity index (χ2v) is 7.76. The number of hydrogen-bond donors (Lipinski definition) is 2. The summed E-state index contributed by atoms with van der Waals surface area (Å²) in [6.45, 7) is 3.70. The molecule has 0 spiro atoms. The van der Waals surface area contributed by atoms with Crippen molar-refractivity contribution in [2.24, 2.45) is 0 Å². The molecule has 0 aliphatic carbocycles. The number of carbonyl (C=O) groups excluding carboxylic acids is 3. The average Bonchev–Trinajstić information content (AvgIpc) is 3.42. The molecular formula is C22H23N3O6S. The highest BCUT2D eigenvalue weighted by Gasteiger charge is 2.27. The summed E-state index contributed by atoms with van der Waals surface area (Å²) in [6.07, 6.45) is 0.641. The van der Waals surface area contributed by atoms with Crippen LogP contribution in [-0.2, 0) is 9.47 Å². The Morgan fingerprint density at radius 3 is 2.62 bits per heavy atom. The zero-order valence-electron chi connectivity index (χ0n) is 18.1. The fraction of sp³-hybridized carbons (Fsp3) is 0.273. The van der Waals surface area contributed by atoms with Gasteiger partial charge in [0, 0.05) is 5.56 Å². The summed E-state index contributed by atoms with van der Waals surface area (Å²) in [6, 6.07) is 8.85. The first-order valence-corrected chi connectivity index (χ1v) is 10.6. The van der Waals surface area contributed by atoms with Gasteiger partial charge in [0.1, 0.15) is 21.3 Å². The Morgan fingerprint density at radius 1 is 1.16 bits per heavy atom. The van der Waals surface area contributed by atoms with Gasteiger partial charge >= 0.3 is 11.9 Å². The van der Waals surface area contributed by atoms with Gasteiger partial charge in [-0.2, -0.15) is 5.10 Å². The summed E-state index contributed by atoms with van der Waals surface area (Å²) in [5, 5.41) is 9.76. The summed E-state index contributed by atoms with van der Waals surface area (Å²) >= 11 is 0.954. The molecule has 0 bridgehead atoms. The highest BCUT2D eigenvalue weighted by atomic mass is 32.1. The summed E-state index contributed by atoms with van der Waals surface area (Å²) in [4.78, 5) is 37.8. The molecule has 2 aromatic heterocycles. The normalized spacial score (nSPS) is 10.5. The molecule has 32 heavy (non-hydrogen) atoms. The summed E-state index contributed by atoms with van der Waals surface area (Å²) < 4.78 is 15.2. The lowest BCUT2D eigenvalue weighted by atomic mass is 10.1. The number of thiophene rings is 1. The third kappa shape index (κ3) is 4.80. The molecule has 10 heteroatoms. The Labute approximate surface area is 188 Å². The molecule has 1 aromatic carbocycles. The van der Waals surface area contributed by atoms with E-state index in [2.05, 4.69) is 15.5 Å². The van der Waals surface area contributed by atoms with Crippen LogP contribution in [0.1, 0.15) is 49.4 Å². The van der Waals surface area contributed by atoms with E-state index >= 15 is 0 Å². The highest BCUT2D eigenvalue weighted by Crippen LogP contribution is 2.34. The van der Waals surface area contributed by atoms with Gasteiger partial charge in [-0.25, -0.2) is 9.59 Å². The maximum absolute atomic E-state index is 12.9. The van der Waals surface area contributed by atoms with Crippen molar-refractivity contribution in [3.8, 4) is 17.0 Å². The Balaban J connectivity index is 1.89. The predicted molar refractivity (Wildman–Crippen MR) is 119 cm³/mol. The first-order chi connectivity index (χ1) is 15.4. The van der Waals surface area contributed by atoms with Crippen molar-refractivity contribution in [1.82, 2.24) is 10.2 Å². The lowest BCUT2D eigenvalue weighted by molar-refractivity contribution is 0.0506. The van der Waals surface area contributed by atoms with Gasteiger partial charge in [-0.3, -0.25) is 9.89 Å². The molecule has 0 saturated heterocycles. The van der Waals surface area contributed by atoms with E-state index in [1.54, 1.807) is 32.2 Å². The van der Waals surface area contributed by atoms with Crippen LogP contribution in [0.2, 0.25) is 0 Å². The smallest absolute Gasteiger partial charge is 0.348 e. The first-order valence-electron chi connectivity index (χ1n) is 9.79. The molecular weight excluding hydrogens is 434 g/mol. The largest absolute Gasteiger partial charge is 0.497 e. The molecule has 0 radical (unpaired) electrons. The van der Waals surface area contributed by atoms with Gasteiger partial charge < -0.3 is 19.5 Å². The molecule has 0 aliphatic rings. The Kier molecular flexibility index (Phi) is 7.26. The van der Waals surface area contributed by atoms with E-state index in [1.807, 2.05) is 19.1 Å². The molecule has 1 amide bonds. The van der Waals surface area contributed by atoms with Crippen molar-refractivity contribution in [2.75, 3.05) is 26.1 Å². The molecule has 2 heterocycles. The third-order valence-corrected chi connectivity index (χ3v) is 5.76. The number of aromatic nitrogens is 2. The van der Waals surface area contributed by atoms with Crippen LogP contribution < -0.4 is 10.1 Å². The van der Waals surface area contributed by atoms with Gasteiger partial charge in [0.05, 0.1) is 32.1 Å². The van der Waals surface area contributed by atoms with Gasteiger partial charge in [-0.15, -0.1) is 11.3 Å². The van der Waals surface area contributed by atoms with Gasteiger partial charge in [0.15, 0.2) is 0 Å². The minimum Gasteiger partial charge on any atom is -0.497 e.